The molecule has 0 bridgehead atoms. The molecule has 0 atom stereocenters. The Labute approximate surface area is 141 Å². The molecule has 24 heavy (non-hydrogen) atoms. The van der Waals surface area contributed by atoms with Crippen molar-refractivity contribution in [2.24, 2.45) is 5.92 Å². The number of anilines is 1. The molecule has 1 aliphatic heterocycles. The second kappa shape index (κ2) is 6.52. The highest BCUT2D eigenvalue weighted by atomic mass is 16.1. The van der Waals surface area contributed by atoms with Gasteiger partial charge in [-0.25, -0.2) is 0 Å². The normalized spacial score (nSPS) is 15.8. The van der Waals surface area contributed by atoms with Gasteiger partial charge in [-0.05, 0) is 42.9 Å². The summed E-state index contributed by atoms with van der Waals surface area (Å²) in [5.74, 6) is 1.69. The van der Waals surface area contributed by atoms with Crippen molar-refractivity contribution in [2.45, 2.75) is 19.3 Å². The van der Waals surface area contributed by atoms with Crippen LogP contribution >= 0.6 is 0 Å². The summed E-state index contributed by atoms with van der Waals surface area (Å²) in [6, 6.07) is 20.2. The number of aromatic nitrogens is 1. The summed E-state index contributed by atoms with van der Waals surface area (Å²) in [7, 11) is 0. The number of benzene rings is 2. The number of hydrogen-bond acceptors (Lipinski definition) is 2. The van der Waals surface area contributed by atoms with Gasteiger partial charge in [0.2, 0.25) is 0 Å². The van der Waals surface area contributed by atoms with Crippen molar-refractivity contribution >= 4 is 16.7 Å². The van der Waals surface area contributed by atoms with Gasteiger partial charge in [-0.15, -0.1) is 0 Å². The van der Waals surface area contributed by atoms with Crippen molar-refractivity contribution in [3.63, 3.8) is 0 Å². The SMILES string of the molecule is O=c1cc(N2CCC(Cc3ccccc3)CC2)[nH]c2ccccc12. The fourth-order valence-corrected chi connectivity index (χ4v) is 3.68. The largest absolute Gasteiger partial charge is 0.358 e. The van der Waals surface area contributed by atoms with Crippen LogP contribution in [-0.2, 0) is 6.42 Å². The third-order valence-corrected chi connectivity index (χ3v) is 5.05. The minimum atomic E-state index is 0.103. The summed E-state index contributed by atoms with van der Waals surface area (Å²) in [4.78, 5) is 18.0. The van der Waals surface area contributed by atoms with E-state index < -0.39 is 0 Å². The number of fused-ring (bicyclic) bond motifs is 1. The lowest BCUT2D eigenvalue weighted by Gasteiger charge is -2.33. The average Bonchev–Trinajstić information content (AvgIpc) is 2.63. The van der Waals surface area contributed by atoms with E-state index in [-0.39, 0.29) is 5.43 Å². The van der Waals surface area contributed by atoms with E-state index in [1.807, 2.05) is 24.3 Å². The minimum absolute atomic E-state index is 0.103. The van der Waals surface area contributed by atoms with E-state index in [2.05, 4.69) is 40.2 Å². The zero-order chi connectivity index (χ0) is 16.4. The molecular formula is C21H22N2O. The van der Waals surface area contributed by atoms with Crippen LogP contribution in [-0.4, -0.2) is 18.1 Å². The smallest absolute Gasteiger partial charge is 0.191 e. The quantitative estimate of drug-likeness (QED) is 0.793. The highest BCUT2D eigenvalue weighted by molar-refractivity contribution is 5.80. The van der Waals surface area contributed by atoms with Gasteiger partial charge in [-0.3, -0.25) is 4.79 Å². The highest BCUT2D eigenvalue weighted by Gasteiger charge is 2.20. The van der Waals surface area contributed by atoms with Gasteiger partial charge < -0.3 is 9.88 Å². The fraction of sp³-hybridized carbons (Fsp3) is 0.286. The fourth-order valence-electron chi connectivity index (χ4n) is 3.68. The molecule has 1 saturated heterocycles. The number of nitrogens with zero attached hydrogens (tertiary/aromatic N) is 1. The van der Waals surface area contributed by atoms with Gasteiger partial charge >= 0.3 is 0 Å². The molecular weight excluding hydrogens is 296 g/mol. The molecule has 0 amide bonds. The number of pyridine rings is 1. The van der Waals surface area contributed by atoms with Crippen LogP contribution in [0.4, 0.5) is 5.82 Å². The first-order valence-corrected chi connectivity index (χ1v) is 8.70. The molecule has 1 aliphatic rings. The van der Waals surface area contributed by atoms with Gasteiger partial charge in [0.1, 0.15) is 5.82 Å². The average molecular weight is 318 g/mol. The van der Waals surface area contributed by atoms with Crippen LogP contribution in [0.1, 0.15) is 18.4 Å². The topological polar surface area (TPSA) is 36.1 Å². The molecule has 0 aliphatic carbocycles. The van der Waals surface area contributed by atoms with E-state index in [0.717, 1.165) is 42.1 Å². The van der Waals surface area contributed by atoms with Crippen LogP contribution < -0.4 is 10.3 Å². The third-order valence-electron chi connectivity index (χ3n) is 5.05. The van der Waals surface area contributed by atoms with Crippen molar-refractivity contribution in [2.75, 3.05) is 18.0 Å². The van der Waals surface area contributed by atoms with Crippen molar-refractivity contribution in [3.8, 4) is 0 Å². The Hall–Kier alpha value is -2.55. The molecule has 3 heteroatoms. The molecule has 1 N–H and O–H groups in total. The summed E-state index contributed by atoms with van der Waals surface area (Å²) in [5, 5.41) is 0.764. The Bertz CT molecular complexity index is 877. The van der Waals surface area contributed by atoms with Crippen LogP contribution in [0, 0.1) is 5.92 Å². The number of H-pyrrole nitrogens is 1. The second-order valence-corrected chi connectivity index (χ2v) is 6.68. The number of piperidine rings is 1. The minimum Gasteiger partial charge on any atom is -0.358 e. The maximum Gasteiger partial charge on any atom is 0.191 e. The van der Waals surface area contributed by atoms with E-state index >= 15 is 0 Å². The summed E-state index contributed by atoms with van der Waals surface area (Å²) < 4.78 is 0. The zero-order valence-electron chi connectivity index (χ0n) is 13.7. The van der Waals surface area contributed by atoms with Gasteiger partial charge in [0, 0.05) is 24.5 Å². The lowest BCUT2D eigenvalue weighted by molar-refractivity contribution is 0.402. The highest BCUT2D eigenvalue weighted by Crippen LogP contribution is 2.25. The molecule has 2 aromatic carbocycles. The molecule has 3 nitrogen and oxygen atoms in total. The predicted octanol–water partition coefficient (Wildman–Crippen LogP) is 3.99. The Kier molecular flexibility index (Phi) is 4.08. The van der Waals surface area contributed by atoms with Gasteiger partial charge in [0.15, 0.2) is 5.43 Å². The molecule has 0 spiro atoms. The molecule has 1 fully saturated rings. The van der Waals surface area contributed by atoms with Crippen LogP contribution in [0.25, 0.3) is 10.9 Å². The van der Waals surface area contributed by atoms with Gasteiger partial charge in [0.25, 0.3) is 0 Å². The number of aromatic amines is 1. The molecule has 0 radical (unpaired) electrons. The van der Waals surface area contributed by atoms with Crippen LogP contribution in [0.15, 0.2) is 65.5 Å². The number of rotatable bonds is 3. The standard InChI is InChI=1S/C21H22N2O/c24-20-15-21(22-19-9-5-4-8-18(19)20)23-12-10-17(11-13-23)14-16-6-2-1-3-7-16/h1-9,15,17H,10-14H2,(H,22,24). The van der Waals surface area contributed by atoms with Crippen LogP contribution in [0.3, 0.4) is 0 Å². The first kappa shape index (κ1) is 15.0. The number of hydrogen-bond donors (Lipinski definition) is 1. The Balaban J connectivity index is 1.47. The molecule has 0 unspecified atom stereocenters. The van der Waals surface area contributed by atoms with Crippen molar-refractivity contribution in [1.29, 1.82) is 0 Å². The van der Waals surface area contributed by atoms with Gasteiger partial charge in [-0.2, -0.15) is 0 Å². The Morgan fingerprint density at radius 3 is 2.46 bits per heavy atom. The lowest BCUT2D eigenvalue weighted by atomic mass is 9.90. The lowest BCUT2D eigenvalue weighted by Crippen LogP contribution is -2.35. The Morgan fingerprint density at radius 2 is 1.67 bits per heavy atom. The number of para-hydroxylation sites is 1. The van der Waals surface area contributed by atoms with Crippen LogP contribution in [0.5, 0.6) is 0 Å². The maximum atomic E-state index is 12.3. The van der Waals surface area contributed by atoms with Crippen LogP contribution in [0.2, 0.25) is 0 Å². The molecule has 4 rings (SSSR count). The summed E-state index contributed by atoms with van der Waals surface area (Å²) in [6.45, 7) is 2.01. The maximum absolute atomic E-state index is 12.3. The molecule has 122 valence electrons. The van der Waals surface area contributed by atoms with Crippen molar-refractivity contribution in [3.05, 3.63) is 76.5 Å². The zero-order valence-corrected chi connectivity index (χ0v) is 13.7. The number of nitrogens with one attached hydrogen (secondary N) is 1. The van der Waals surface area contributed by atoms with E-state index in [1.165, 1.54) is 18.4 Å². The molecule has 0 saturated carbocycles. The van der Waals surface area contributed by atoms with E-state index in [0.29, 0.717) is 0 Å². The van der Waals surface area contributed by atoms with E-state index in [9.17, 15) is 4.79 Å². The van der Waals surface area contributed by atoms with E-state index in [4.69, 9.17) is 0 Å². The van der Waals surface area contributed by atoms with Gasteiger partial charge in [0.05, 0.1) is 5.52 Å². The van der Waals surface area contributed by atoms with Crippen molar-refractivity contribution in [1.82, 2.24) is 4.98 Å². The molecule has 3 aromatic rings. The third kappa shape index (κ3) is 3.07. The second-order valence-electron chi connectivity index (χ2n) is 6.68. The van der Waals surface area contributed by atoms with E-state index in [1.54, 1.807) is 6.07 Å². The monoisotopic (exact) mass is 318 g/mol. The van der Waals surface area contributed by atoms with Crippen molar-refractivity contribution < 1.29 is 0 Å². The molecule has 2 heterocycles. The summed E-state index contributed by atoms with van der Waals surface area (Å²) >= 11 is 0. The van der Waals surface area contributed by atoms with Gasteiger partial charge in [-0.1, -0.05) is 42.5 Å². The predicted molar refractivity (Wildman–Crippen MR) is 99.7 cm³/mol. The summed E-state index contributed by atoms with van der Waals surface area (Å²) in [6.07, 6.45) is 3.50. The first-order valence-electron chi connectivity index (χ1n) is 8.70. The molecule has 1 aromatic heterocycles. The summed E-state index contributed by atoms with van der Waals surface area (Å²) in [5.41, 5.74) is 2.45. The Morgan fingerprint density at radius 1 is 0.958 bits per heavy atom. The first-order chi connectivity index (χ1) is 11.8.